The third-order valence-corrected chi connectivity index (χ3v) is 4.51. The number of esters is 1. The summed E-state index contributed by atoms with van der Waals surface area (Å²) < 4.78 is 9.89. The van der Waals surface area contributed by atoms with Crippen LogP contribution in [0.4, 0.5) is 4.79 Å². The van der Waals surface area contributed by atoms with Crippen LogP contribution < -0.4 is 10.1 Å². The van der Waals surface area contributed by atoms with Gasteiger partial charge in [0, 0.05) is 18.7 Å². The predicted molar refractivity (Wildman–Crippen MR) is 93.8 cm³/mol. The van der Waals surface area contributed by atoms with Gasteiger partial charge in [0.2, 0.25) is 0 Å². The molecule has 0 saturated carbocycles. The molecule has 2 aromatic rings. The fourth-order valence-corrected chi connectivity index (χ4v) is 3.12. The number of urea groups is 1. The lowest BCUT2D eigenvalue weighted by atomic mass is 9.96. The average molecular weight is 358 g/mol. The van der Waals surface area contributed by atoms with Gasteiger partial charge < -0.3 is 24.7 Å². The number of H-pyrrole nitrogens is 1. The highest BCUT2D eigenvalue weighted by molar-refractivity contribution is 5.83. The second kappa shape index (κ2) is 7.47. The van der Waals surface area contributed by atoms with Gasteiger partial charge in [0.15, 0.2) is 0 Å². The summed E-state index contributed by atoms with van der Waals surface area (Å²) in [5.41, 5.74) is 2.73. The maximum Gasteiger partial charge on any atom is 0.328 e. The molecule has 1 aromatic carbocycles. The summed E-state index contributed by atoms with van der Waals surface area (Å²) >= 11 is 0. The van der Waals surface area contributed by atoms with E-state index in [9.17, 15) is 9.59 Å². The Kier molecular flexibility index (Phi) is 5.11. The number of aromatic amines is 1. The number of ether oxygens (including phenoxy) is 2. The van der Waals surface area contributed by atoms with Gasteiger partial charge >= 0.3 is 12.0 Å². The van der Waals surface area contributed by atoms with E-state index in [-0.39, 0.29) is 12.1 Å². The van der Waals surface area contributed by atoms with Crippen molar-refractivity contribution in [1.82, 2.24) is 20.2 Å². The summed E-state index contributed by atoms with van der Waals surface area (Å²) in [6.45, 7) is 2.10. The quantitative estimate of drug-likeness (QED) is 0.810. The van der Waals surface area contributed by atoms with Gasteiger partial charge in [0.25, 0.3) is 0 Å². The van der Waals surface area contributed by atoms with E-state index in [1.54, 1.807) is 25.3 Å². The van der Waals surface area contributed by atoms with Crippen LogP contribution in [0.3, 0.4) is 0 Å². The molecule has 2 heterocycles. The summed E-state index contributed by atoms with van der Waals surface area (Å²) in [6.07, 6.45) is 2.31. The zero-order chi connectivity index (χ0) is 18.7. The summed E-state index contributed by atoms with van der Waals surface area (Å²) in [4.78, 5) is 33.7. The highest BCUT2D eigenvalue weighted by atomic mass is 16.5. The lowest BCUT2D eigenvalue weighted by Gasteiger charge is -2.35. The minimum Gasteiger partial charge on any atom is -0.497 e. The average Bonchev–Trinajstić information content (AvgIpc) is 3.15. The number of benzene rings is 1. The van der Waals surface area contributed by atoms with Gasteiger partial charge in [-0.15, -0.1) is 0 Å². The Morgan fingerprint density at radius 1 is 1.31 bits per heavy atom. The molecule has 138 valence electrons. The molecule has 26 heavy (non-hydrogen) atoms. The number of fused-ring (bicyclic) bond motifs is 1. The van der Waals surface area contributed by atoms with Crippen molar-refractivity contribution in [2.75, 3.05) is 20.8 Å². The Morgan fingerprint density at radius 3 is 2.69 bits per heavy atom. The molecule has 0 unspecified atom stereocenters. The van der Waals surface area contributed by atoms with Crippen molar-refractivity contribution in [3.05, 3.63) is 47.5 Å². The molecule has 0 aliphatic carbocycles. The van der Waals surface area contributed by atoms with E-state index < -0.39 is 12.0 Å². The van der Waals surface area contributed by atoms with Crippen LogP contribution in [0.1, 0.15) is 29.9 Å². The molecule has 3 rings (SSSR count). The molecule has 1 aromatic heterocycles. The van der Waals surface area contributed by atoms with Crippen LogP contribution in [0.5, 0.6) is 5.75 Å². The monoisotopic (exact) mass is 358 g/mol. The smallest absolute Gasteiger partial charge is 0.328 e. The number of nitrogens with zero attached hydrogens (tertiary/aromatic N) is 2. The second-order valence-electron chi connectivity index (χ2n) is 6.08. The lowest BCUT2D eigenvalue weighted by molar-refractivity contribution is -0.142. The third kappa shape index (κ3) is 3.35. The van der Waals surface area contributed by atoms with E-state index in [0.717, 1.165) is 22.7 Å². The van der Waals surface area contributed by atoms with Crippen LogP contribution in [-0.4, -0.2) is 53.7 Å². The lowest BCUT2D eigenvalue weighted by Crippen LogP contribution is -2.50. The van der Waals surface area contributed by atoms with E-state index in [1.807, 2.05) is 24.3 Å². The molecule has 2 N–H and O–H groups in total. The Labute approximate surface area is 151 Å². The van der Waals surface area contributed by atoms with Crippen molar-refractivity contribution < 1.29 is 19.1 Å². The van der Waals surface area contributed by atoms with Crippen molar-refractivity contribution in [2.24, 2.45) is 0 Å². The molecule has 0 radical (unpaired) electrons. The molecule has 2 atom stereocenters. The van der Waals surface area contributed by atoms with E-state index in [0.29, 0.717) is 13.0 Å². The largest absolute Gasteiger partial charge is 0.497 e. The highest BCUT2D eigenvalue weighted by Gasteiger charge is 2.35. The normalized spacial score (nSPS) is 17.2. The molecule has 2 amide bonds. The van der Waals surface area contributed by atoms with Crippen LogP contribution in [0.2, 0.25) is 0 Å². The van der Waals surface area contributed by atoms with Gasteiger partial charge in [0.1, 0.15) is 17.8 Å². The number of imidazole rings is 1. The van der Waals surface area contributed by atoms with Crippen molar-refractivity contribution in [1.29, 1.82) is 0 Å². The van der Waals surface area contributed by atoms with Gasteiger partial charge in [-0.2, -0.15) is 0 Å². The molecular weight excluding hydrogens is 336 g/mol. The Morgan fingerprint density at radius 2 is 2.04 bits per heavy atom. The van der Waals surface area contributed by atoms with Crippen molar-refractivity contribution in [3.63, 3.8) is 0 Å². The number of methoxy groups -OCH3 is 2. The first kappa shape index (κ1) is 17.8. The van der Waals surface area contributed by atoms with E-state index in [1.165, 1.54) is 7.11 Å². The Hall–Kier alpha value is -3.03. The summed E-state index contributed by atoms with van der Waals surface area (Å²) in [7, 11) is 2.90. The number of rotatable bonds is 4. The van der Waals surface area contributed by atoms with Gasteiger partial charge in [-0.05, 0) is 24.6 Å². The van der Waals surface area contributed by atoms with Crippen molar-refractivity contribution in [3.8, 4) is 5.75 Å². The molecule has 0 spiro atoms. The number of hydrogen-bond donors (Lipinski definition) is 2. The number of carbonyl (C=O) groups is 2. The molecular formula is C18H22N4O4. The number of carbonyl (C=O) groups excluding carboxylic acids is 2. The van der Waals surface area contributed by atoms with Crippen LogP contribution in [0.25, 0.3) is 0 Å². The second-order valence-corrected chi connectivity index (χ2v) is 6.08. The first-order valence-corrected chi connectivity index (χ1v) is 8.36. The van der Waals surface area contributed by atoms with Crippen LogP contribution in [-0.2, 0) is 16.0 Å². The molecule has 8 heteroatoms. The van der Waals surface area contributed by atoms with Gasteiger partial charge in [-0.25, -0.2) is 14.6 Å². The SMILES string of the molecule is COC(=O)[C@H](C)NC(=O)N1CCc2[nH]cnc2[C@H]1c1ccc(OC)cc1. The summed E-state index contributed by atoms with van der Waals surface area (Å²) in [5, 5.41) is 2.70. The number of hydrogen-bond acceptors (Lipinski definition) is 5. The minimum atomic E-state index is -0.732. The zero-order valence-electron chi connectivity index (χ0n) is 15.0. The van der Waals surface area contributed by atoms with Crippen LogP contribution in [0.15, 0.2) is 30.6 Å². The maximum atomic E-state index is 12.8. The molecule has 0 fully saturated rings. The van der Waals surface area contributed by atoms with Gasteiger partial charge in [0.05, 0.1) is 26.2 Å². The molecule has 0 saturated heterocycles. The Balaban J connectivity index is 1.90. The standard InChI is InChI=1S/C18H22N4O4/c1-11(17(23)26-3)21-18(24)22-9-8-14-15(20-10-19-14)16(22)12-4-6-13(25-2)7-5-12/h4-7,10-11,16H,8-9H2,1-3H3,(H,19,20)(H,21,24)/t11-,16+/m0/s1. The fourth-order valence-electron chi connectivity index (χ4n) is 3.12. The number of aromatic nitrogens is 2. The highest BCUT2D eigenvalue weighted by Crippen LogP contribution is 2.34. The van der Waals surface area contributed by atoms with E-state index >= 15 is 0 Å². The van der Waals surface area contributed by atoms with Gasteiger partial charge in [-0.1, -0.05) is 12.1 Å². The predicted octanol–water partition coefficient (Wildman–Crippen LogP) is 1.64. The molecule has 8 nitrogen and oxygen atoms in total. The van der Waals surface area contributed by atoms with E-state index in [4.69, 9.17) is 4.74 Å². The topological polar surface area (TPSA) is 96.6 Å². The van der Waals surface area contributed by atoms with Crippen LogP contribution >= 0.6 is 0 Å². The zero-order valence-corrected chi connectivity index (χ0v) is 15.0. The van der Waals surface area contributed by atoms with Crippen molar-refractivity contribution >= 4 is 12.0 Å². The minimum absolute atomic E-state index is 0.336. The number of amides is 2. The summed E-state index contributed by atoms with van der Waals surface area (Å²) in [6, 6.07) is 6.12. The Bertz CT molecular complexity index is 787. The molecule has 1 aliphatic heterocycles. The van der Waals surface area contributed by atoms with Crippen LogP contribution in [0, 0.1) is 0 Å². The molecule has 0 bridgehead atoms. The fraction of sp³-hybridized carbons (Fsp3) is 0.389. The summed E-state index contributed by atoms with van der Waals surface area (Å²) in [5.74, 6) is 0.249. The van der Waals surface area contributed by atoms with E-state index in [2.05, 4.69) is 20.0 Å². The molecule has 1 aliphatic rings. The first-order chi connectivity index (χ1) is 12.5. The first-order valence-electron chi connectivity index (χ1n) is 8.36. The van der Waals surface area contributed by atoms with Crippen molar-refractivity contribution in [2.45, 2.75) is 25.4 Å². The number of nitrogens with one attached hydrogen (secondary N) is 2. The van der Waals surface area contributed by atoms with Gasteiger partial charge in [-0.3, -0.25) is 0 Å². The third-order valence-electron chi connectivity index (χ3n) is 4.51. The maximum absolute atomic E-state index is 12.8.